The molecule has 4 amide bonds. The smallest absolute Gasteiger partial charge is 0.285 e. The number of fused-ring (bicyclic) bond motifs is 1. The lowest BCUT2D eigenvalue weighted by Gasteiger charge is -2.07. The monoisotopic (exact) mass is 500 g/mol. The van der Waals surface area contributed by atoms with Crippen molar-refractivity contribution in [3.8, 4) is 5.75 Å². The van der Waals surface area contributed by atoms with Crippen LogP contribution in [0, 0.1) is 30.2 Å². The summed E-state index contributed by atoms with van der Waals surface area (Å²) in [5, 5.41) is 1.55. The number of ether oxygens (including phenoxy) is 1. The van der Waals surface area contributed by atoms with Crippen molar-refractivity contribution < 1.29 is 51.2 Å². The third kappa shape index (κ3) is 5.46. The van der Waals surface area contributed by atoms with E-state index in [1.807, 2.05) is 0 Å². The van der Waals surface area contributed by atoms with Crippen LogP contribution in [0.4, 0.5) is 17.6 Å². The number of benzene rings is 2. The number of methoxy groups -OCH3 is 1. The maximum Gasteiger partial charge on any atom is 0.285 e. The zero-order valence-electron chi connectivity index (χ0n) is 19.0. The van der Waals surface area contributed by atoms with Crippen LogP contribution >= 0.6 is 0 Å². The molecule has 2 aromatic carbocycles. The fraction of sp³-hybridized carbons (Fsp3) is 0.273. The van der Waals surface area contributed by atoms with Crippen LogP contribution in [0.25, 0.3) is 0 Å². The highest BCUT2D eigenvalue weighted by Crippen LogP contribution is 2.29. The number of hydrogen-bond donors (Lipinski definition) is 0. The van der Waals surface area contributed by atoms with Gasteiger partial charge in [-0.05, 0) is 19.1 Å². The van der Waals surface area contributed by atoms with Crippen molar-refractivity contribution in [3.05, 3.63) is 64.2 Å². The van der Waals surface area contributed by atoms with Crippen LogP contribution in [-0.2, 0) is 19.3 Å². The summed E-state index contributed by atoms with van der Waals surface area (Å²) in [6.07, 6.45) is 0.569. The molecule has 0 N–H and O–H groups in total. The van der Waals surface area contributed by atoms with E-state index in [2.05, 4.69) is 14.4 Å². The lowest BCUT2D eigenvalue weighted by molar-refractivity contribution is -0.179. The van der Waals surface area contributed by atoms with E-state index in [9.17, 15) is 36.7 Å². The highest BCUT2D eigenvalue weighted by Gasteiger charge is 2.35. The fourth-order valence-corrected chi connectivity index (χ4v) is 2.99. The van der Waals surface area contributed by atoms with Crippen LogP contribution in [0.3, 0.4) is 0 Å². The number of carbonyl (C=O) groups excluding carboxylic acids is 4. The minimum Gasteiger partial charge on any atom is -0.491 e. The second-order valence-corrected chi connectivity index (χ2v) is 6.81. The summed E-state index contributed by atoms with van der Waals surface area (Å²) >= 11 is 0. The van der Waals surface area contributed by atoms with Crippen LogP contribution in [0.1, 0.15) is 39.1 Å². The maximum atomic E-state index is 12.8. The Hall–Kier alpha value is -3.84. The van der Waals surface area contributed by atoms with Gasteiger partial charge >= 0.3 is 0 Å². The van der Waals surface area contributed by atoms with Gasteiger partial charge in [0.1, 0.15) is 0 Å². The van der Waals surface area contributed by atoms with Crippen LogP contribution in [0.15, 0.2) is 24.3 Å². The second kappa shape index (κ2) is 11.5. The first-order valence-electron chi connectivity index (χ1n) is 9.80. The fourth-order valence-electron chi connectivity index (χ4n) is 2.99. The number of halogens is 4. The Labute approximate surface area is 196 Å². The Morgan fingerprint density at radius 2 is 1.09 bits per heavy atom. The van der Waals surface area contributed by atoms with E-state index in [4.69, 9.17) is 0 Å². The van der Waals surface area contributed by atoms with Crippen molar-refractivity contribution >= 4 is 23.6 Å². The molecular weight excluding hydrogens is 480 g/mol. The zero-order chi connectivity index (χ0) is 26.4. The molecule has 1 saturated heterocycles. The molecule has 2 aromatic rings. The van der Waals surface area contributed by atoms with Gasteiger partial charge in [0.05, 0.1) is 32.5 Å². The van der Waals surface area contributed by atoms with Crippen molar-refractivity contribution in [2.24, 2.45) is 0 Å². The molecule has 2 aliphatic heterocycles. The van der Waals surface area contributed by atoms with Gasteiger partial charge in [-0.3, -0.25) is 28.9 Å². The number of rotatable bonds is 3. The molecule has 35 heavy (non-hydrogen) atoms. The number of carbonyl (C=O) groups is 4. The number of nitrogens with zero attached hydrogens (tertiary/aromatic N) is 2. The summed E-state index contributed by atoms with van der Waals surface area (Å²) in [5.41, 5.74) is 0.0968. The Morgan fingerprint density at radius 1 is 0.686 bits per heavy atom. The van der Waals surface area contributed by atoms with Gasteiger partial charge in [0.25, 0.3) is 23.6 Å². The first-order chi connectivity index (χ1) is 16.5. The van der Waals surface area contributed by atoms with Crippen molar-refractivity contribution in [2.45, 2.75) is 19.8 Å². The molecule has 2 heterocycles. The maximum absolute atomic E-state index is 12.8. The minimum atomic E-state index is -1.51. The summed E-state index contributed by atoms with van der Waals surface area (Å²) in [7, 11) is 3.53. The molecule has 1 fully saturated rings. The topological polar surface area (TPSA) is 102 Å². The predicted octanol–water partition coefficient (Wildman–Crippen LogP) is 3.10. The number of amides is 4. The van der Waals surface area contributed by atoms with E-state index < -0.39 is 46.4 Å². The standard InChI is InChI=1S/C9H7NO3.C8H6F4O.C5H7NO3/c1-13-10-8(11)6-4-2-3-5-7(6)9(10)12;1-3-4(9)6(11)8(13-2)7(12)5(3)10;1-9-6-4(7)2-3-5(6)8/h2-5H,1H3;1-2H3;2-3H2,1H3. The highest BCUT2D eigenvalue weighted by atomic mass is 19.2. The Morgan fingerprint density at radius 3 is 1.40 bits per heavy atom. The van der Waals surface area contributed by atoms with E-state index >= 15 is 0 Å². The molecule has 13 heteroatoms. The molecule has 0 atom stereocenters. The molecule has 0 unspecified atom stereocenters. The normalized spacial score (nSPS) is 14.4. The minimum absolute atomic E-state index is 0.248. The van der Waals surface area contributed by atoms with E-state index in [-0.39, 0.29) is 24.7 Å². The van der Waals surface area contributed by atoms with Crippen LogP contribution in [0.2, 0.25) is 0 Å². The molecule has 0 aliphatic carbocycles. The van der Waals surface area contributed by atoms with E-state index in [1.165, 1.54) is 14.2 Å². The van der Waals surface area contributed by atoms with Gasteiger partial charge in [0, 0.05) is 18.4 Å². The van der Waals surface area contributed by atoms with Gasteiger partial charge < -0.3 is 4.74 Å². The van der Waals surface area contributed by atoms with Gasteiger partial charge in [-0.1, -0.05) is 12.1 Å². The lowest BCUT2D eigenvalue weighted by atomic mass is 10.1. The van der Waals surface area contributed by atoms with Crippen LogP contribution in [0.5, 0.6) is 5.75 Å². The SMILES string of the molecule is CON1C(=O)CCC1=O.CON1C(=O)c2ccccc2C1=O.COc1c(F)c(F)c(C)c(F)c1F. The molecule has 0 bridgehead atoms. The predicted molar refractivity (Wildman–Crippen MR) is 110 cm³/mol. The van der Waals surface area contributed by atoms with Crippen molar-refractivity contribution in [3.63, 3.8) is 0 Å². The van der Waals surface area contributed by atoms with E-state index in [0.29, 0.717) is 11.1 Å². The molecule has 0 aromatic heterocycles. The Bertz CT molecular complexity index is 1090. The quantitative estimate of drug-likeness (QED) is 0.363. The summed E-state index contributed by atoms with van der Waals surface area (Å²) in [5.74, 6) is -8.24. The zero-order valence-corrected chi connectivity index (χ0v) is 19.0. The lowest BCUT2D eigenvalue weighted by Crippen LogP contribution is -2.28. The first kappa shape index (κ1) is 27.4. The van der Waals surface area contributed by atoms with Gasteiger partial charge in [-0.15, -0.1) is 5.06 Å². The van der Waals surface area contributed by atoms with E-state index in [0.717, 1.165) is 24.2 Å². The molecular formula is C22H20F4N2O7. The van der Waals surface area contributed by atoms with Gasteiger partial charge in [-0.2, -0.15) is 13.8 Å². The Balaban J connectivity index is 0.000000189. The molecule has 0 radical (unpaired) electrons. The molecule has 188 valence electrons. The summed E-state index contributed by atoms with van der Waals surface area (Å²) in [6, 6.07) is 6.63. The van der Waals surface area contributed by atoms with Gasteiger partial charge in [0.15, 0.2) is 17.4 Å². The third-order valence-electron chi connectivity index (χ3n) is 4.77. The summed E-state index contributed by atoms with van der Waals surface area (Å²) < 4.78 is 55.3. The van der Waals surface area contributed by atoms with Crippen molar-refractivity contribution in [2.75, 3.05) is 21.3 Å². The first-order valence-corrected chi connectivity index (χ1v) is 9.80. The third-order valence-corrected chi connectivity index (χ3v) is 4.77. The van der Waals surface area contributed by atoms with Crippen LogP contribution < -0.4 is 4.74 Å². The summed E-state index contributed by atoms with van der Waals surface area (Å²) in [4.78, 5) is 53.2. The molecule has 0 spiro atoms. The highest BCUT2D eigenvalue weighted by molar-refractivity contribution is 6.20. The number of imide groups is 2. The second-order valence-electron chi connectivity index (χ2n) is 6.81. The van der Waals surface area contributed by atoms with Crippen LogP contribution in [-0.4, -0.2) is 55.1 Å². The molecule has 2 aliphatic rings. The van der Waals surface area contributed by atoms with Crippen molar-refractivity contribution in [1.29, 1.82) is 0 Å². The van der Waals surface area contributed by atoms with Gasteiger partial charge in [0.2, 0.25) is 11.6 Å². The molecule has 0 saturated carbocycles. The Kier molecular flexibility index (Phi) is 9.03. The van der Waals surface area contributed by atoms with Gasteiger partial charge in [-0.25, -0.2) is 8.78 Å². The average molecular weight is 500 g/mol. The largest absolute Gasteiger partial charge is 0.491 e. The number of hydrogen-bond acceptors (Lipinski definition) is 7. The number of hydroxylamine groups is 4. The molecule has 4 rings (SSSR count). The molecule has 9 nitrogen and oxygen atoms in total. The summed E-state index contributed by atoms with van der Waals surface area (Å²) in [6.45, 7) is 0.941. The van der Waals surface area contributed by atoms with Crippen molar-refractivity contribution in [1.82, 2.24) is 10.1 Å². The van der Waals surface area contributed by atoms with E-state index in [1.54, 1.807) is 24.3 Å². The average Bonchev–Trinajstić information content (AvgIpc) is 3.32.